The van der Waals surface area contributed by atoms with Crippen LogP contribution in [0.25, 0.3) is 11.3 Å². The fraction of sp³-hybridized carbons (Fsp3) is 0.333. The Morgan fingerprint density at radius 2 is 1.80 bits per heavy atom. The largest absolute Gasteiger partial charge is 0.464 e. The molecule has 0 unspecified atom stereocenters. The molecule has 4 rings (SSSR count). The van der Waals surface area contributed by atoms with Gasteiger partial charge in [0.05, 0.1) is 12.0 Å². The molecule has 1 aliphatic rings. The monoisotopic (exact) mass is 424 g/mol. The lowest BCUT2D eigenvalue weighted by atomic mass is 9.97. The van der Waals surface area contributed by atoms with Crippen molar-refractivity contribution in [2.45, 2.75) is 25.1 Å². The third-order valence-electron chi connectivity index (χ3n) is 5.59. The van der Waals surface area contributed by atoms with Gasteiger partial charge >= 0.3 is 0 Å². The molecule has 0 aliphatic carbocycles. The molecule has 2 heterocycles. The van der Waals surface area contributed by atoms with Crippen LogP contribution in [0.5, 0.6) is 0 Å². The highest BCUT2D eigenvalue weighted by Gasteiger charge is 2.23. The van der Waals surface area contributed by atoms with Gasteiger partial charge in [-0.25, -0.2) is 13.1 Å². The first-order valence-corrected chi connectivity index (χ1v) is 12.1. The molecule has 0 bridgehead atoms. The number of furan rings is 1. The predicted molar refractivity (Wildman–Crippen MR) is 119 cm³/mol. The van der Waals surface area contributed by atoms with Gasteiger partial charge in [-0.05, 0) is 48.6 Å². The van der Waals surface area contributed by atoms with Gasteiger partial charge in [-0.15, -0.1) is 0 Å². The summed E-state index contributed by atoms with van der Waals surface area (Å²) >= 11 is 0. The van der Waals surface area contributed by atoms with Crippen LogP contribution in [0.4, 0.5) is 0 Å². The van der Waals surface area contributed by atoms with Crippen LogP contribution in [0.1, 0.15) is 24.0 Å². The van der Waals surface area contributed by atoms with Gasteiger partial charge in [0.1, 0.15) is 5.76 Å². The molecule has 1 fully saturated rings. The lowest BCUT2D eigenvalue weighted by Gasteiger charge is -2.33. The van der Waals surface area contributed by atoms with Crippen molar-refractivity contribution >= 4 is 10.0 Å². The topological polar surface area (TPSA) is 62.6 Å². The first kappa shape index (κ1) is 20.8. The number of rotatable bonds is 8. The number of hydrogen-bond donors (Lipinski definition) is 1. The summed E-state index contributed by atoms with van der Waals surface area (Å²) in [5, 5.41) is 0. The normalized spacial score (nSPS) is 17.8. The van der Waals surface area contributed by atoms with E-state index in [0.717, 1.165) is 49.4 Å². The molecule has 0 amide bonds. The Hall–Kier alpha value is -2.41. The van der Waals surface area contributed by atoms with Gasteiger partial charge in [-0.3, -0.25) is 4.90 Å². The average molecular weight is 425 g/mol. The van der Waals surface area contributed by atoms with E-state index in [1.165, 1.54) is 5.56 Å². The molecule has 0 saturated carbocycles. The summed E-state index contributed by atoms with van der Waals surface area (Å²) in [6.07, 6.45) is 3.82. The van der Waals surface area contributed by atoms with E-state index in [9.17, 15) is 8.42 Å². The third kappa shape index (κ3) is 5.59. The Morgan fingerprint density at radius 3 is 2.60 bits per heavy atom. The van der Waals surface area contributed by atoms with E-state index >= 15 is 0 Å². The SMILES string of the molecule is O=S(=O)(Cc1ccccc1)NC[C@@H]1CCCN(Cc2ccccc2-c2ccco2)C1. The van der Waals surface area contributed by atoms with Gasteiger partial charge in [0, 0.05) is 25.2 Å². The average Bonchev–Trinajstić information content (AvgIpc) is 3.28. The second-order valence-corrected chi connectivity index (χ2v) is 9.78. The second kappa shape index (κ2) is 9.60. The van der Waals surface area contributed by atoms with Crippen LogP contribution in [0.3, 0.4) is 0 Å². The van der Waals surface area contributed by atoms with Crippen molar-refractivity contribution in [2.75, 3.05) is 19.6 Å². The lowest BCUT2D eigenvalue weighted by Crippen LogP contribution is -2.40. The standard InChI is InChI=1S/C24H28N2O3S/c27-30(28,19-20-8-2-1-3-9-20)25-16-21-10-6-14-26(17-21)18-22-11-4-5-12-23(22)24-13-7-15-29-24/h1-5,7-9,11-13,15,21,25H,6,10,14,16-19H2/t21-/m0/s1. The Labute approximate surface area is 178 Å². The Balaban J connectivity index is 1.34. The maximum absolute atomic E-state index is 12.5. The maximum Gasteiger partial charge on any atom is 0.215 e. The van der Waals surface area contributed by atoms with Gasteiger partial charge in [0.2, 0.25) is 10.0 Å². The van der Waals surface area contributed by atoms with Crippen molar-refractivity contribution in [3.05, 3.63) is 84.1 Å². The first-order chi connectivity index (χ1) is 14.6. The molecule has 1 N–H and O–H groups in total. The molecule has 158 valence electrons. The van der Waals surface area contributed by atoms with E-state index in [0.29, 0.717) is 12.5 Å². The van der Waals surface area contributed by atoms with Crippen LogP contribution in [-0.2, 0) is 22.3 Å². The molecular formula is C24H28N2O3S. The fourth-order valence-electron chi connectivity index (χ4n) is 4.12. The Morgan fingerprint density at radius 1 is 1.00 bits per heavy atom. The summed E-state index contributed by atoms with van der Waals surface area (Å²) in [7, 11) is -3.33. The predicted octanol–water partition coefficient (Wildman–Crippen LogP) is 4.28. The molecule has 3 aromatic rings. The van der Waals surface area contributed by atoms with Crippen molar-refractivity contribution in [1.29, 1.82) is 0 Å². The minimum atomic E-state index is -3.33. The summed E-state index contributed by atoms with van der Waals surface area (Å²) in [4.78, 5) is 2.42. The van der Waals surface area contributed by atoms with E-state index in [-0.39, 0.29) is 5.75 Å². The van der Waals surface area contributed by atoms with E-state index in [1.54, 1.807) is 6.26 Å². The summed E-state index contributed by atoms with van der Waals surface area (Å²) in [6.45, 7) is 3.25. The number of benzene rings is 2. The number of nitrogens with zero attached hydrogens (tertiary/aromatic N) is 1. The van der Waals surface area contributed by atoms with Crippen LogP contribution in [0.15, 0.2) is 77.4 Å². The van der Waals surface area contributed by atoms with Gasteiger partial charge in [0.25, 0.3) is 0 Å². The number of hydrogen-bond acceptors (Lipinski definition) is 4. The highest BCUT2D eigenvalue weighted by Crippen LogP contribution is 2.27. The third-order valence-corrected chi connectivity index (χ3v) is 6.91. The Kier molecular flexibility index (Phi) is 6.67. The minimum Gasteiger partial charge on any atom is -0.464 e. The van der Waals surface area contributed by atoms with Crippen molar-refractivity contribution in [3.8, 4) is 11.3 Å². The van der Waals surface area contributed by atoms with Crippen LogP contribution >= 0.6 is 0 Å². The number of likely N-dealkylation sites (tertiary alicyclic amines) is 1. The number of sulfonamides is 1. The quantitative estimate of drug-likeness (QED) is 0.586. The van der Waals surface area contributed by atoms with Crippen molar-refractivity contribution < 1.29 is 12.8 Å². The minimum absolute atomic E-state index is 0.0286. The van der Waals surface area contributed by atoms with Gasteiger partial charge in [-0.1, -0.05) is 54.6 Å². The zero-order valence-electron chi connectivity index (χ0n) is 17.0. The summed E-state index contributed by atoms with van der Waals surface area (Å²) in [5.41, 5.74) is 3.16. The summed E-state index contributed by atoms with van der Waals surface area (Å²) in [6, 6.07) is 21.5. The highest BCUT2D eigenvalue weighted by atomic mass is 32.2. The van der Waals surface area contributed by atoms with E-state index < -0.39 is 10.0 Å². The highest BCUT2D eigenvalue weighted by molar-refractivity contribution is 7.88. The zero-order chi connectivity index (χ0) is 20.8. The van der Waals surface area contributed by atoms with Crippen LogP contribution < -0.4 is 4.72 Å². The number of nitrogens with one attached hydrogen (secondary N) is 1. The molecule has 30 heavy (non-hydrogen) atoms. The molecule has 2 aromatic carbocycles. The van der Waals surface area contributed by atoms with Gasteiger partial charge < -0.3 is 4.42 Å². The summed E-state index contributed by atoms with van der Waals surface area (Å²) in [5.74, 6) is 1.23. The second-order valence-electron chi connectivity index (χ2n) is 7.97. The van der Waals surface area contributed by atoms with Crippen LogP contribution in [-0.4, -0.2) is 33.0 Å². The first-order valence-electron chi connectivity index (χ1n) is 10.4. The van der Waals surface area contributed by atoms with Gasteiger partial charge in [0.15, 0.2) is 0 Å². The van der Waals surface area contributed by atoms with Crippen LogP contribution in [0, 0.1) is 5.92 Å². The molecule has 5 nitrogen and oxygen atoms in total. The maximum atomic E-state index is 12.5. The Bertz CT molecular complexity index is 1030. The molecule has 1 atom stereocenters. The zero-order valence-corrected chi connectivity index (χ0v) is 17.9. The smallest absolute Gasteiger partial charge is 0.215 e. The van der Waals surface area contributed by atoms with E-state index in [1.807, 2.05) is 48.5 Å². The van der Waals surface area contributed by atoms with E-state index in [2.05, 4.69) is 27.8 Å². The lowest BCUT2D eigenvalue weighted by molar-refractivity contribution is 0.169. The fourth-order valence-corrected chi connectivity index (χ4v) is 5.35. The van der Waals surface area contributed by atoms with E-state index in [4.69, 9.17) is 4.42 Å². The molecule has 0 radical (unpaired) electrons. The molecule has 1 saturated heterocycles. The molecule has 1 aromatic heterocycles. The van der Waals surface area contributed by atoms with Crippen molar-refractivity contribution in [1.82, 2.24) is 9.62 Å². The van der Waals surface area contributed by atoms with Crippen molar-refractivity contribution in [3.63, 3.8) is 0 Å². The van der Waals surface area contributed by atoms with Crippen LogP contribution in [0.2, 0.25) is 0 Å². The molecule has 6 heteroatoms. The van der Waals surface area contributed by atoms with Crippen molar-refractivity contribution in [2.24, 2.45) is 5.92 Å². The van der Waals surface area contributed by atoms with Gasteiger partial charge in [-0.2, -0.15) is 0 Å². The molecular weight excluding hydrogens is 396 g/mol. The number of piperidine rings is 1. The molecule has 1 aliphatic heterocycles. The summed E-state index contributed by atoms with van der Waals surface area (Å²) < 4.78 is 33.3. The molecule has 0 spiro atoms.